The van der Waals surface area contributed by atoms with Gasteiger partial charge in [0.15, 0.2) is 0 Å². The molecule has 4 aromatic rings. The number of pyridine rings is 1. The summed E-state index contributed by atoms with van der Waals surface area (Å²) in [6, 6.07) is 6.50. The fourth-order valence-corrected chi connectivity index (χ4v) is 4.07. The number of aromatic nitrogens is 5. The Morgan fingerprint density at radius 2 is 1.94 bits per heavy atom. The summed E-state index contributed by atoms with van der Waals surface area (Å²) >= 11 is 5.98. The highest BCUT2D eigenvalue weighted by Gasteiger charge is 2.26. The lowest BCUT2D eigenvalue weighted by Crippen LogP contribution is -2.38. The fourth-order valence-electron chi connectivity index (χ4n) is 3.91. The van der Waals surface area contributed by atoms with Crippen molar-refractivity contribution in [2.45, 2.75) is 20.0 Å². The van der Waals surface area contributed by atoms with Crippen molar-refractivity contribution >= 4 is 28.5 Å². The van der Waals surface area contributed by atoms with Crippen molar-refractivity contribution in [3.8, 4) is 11.3 Å². The number of hydrogen-bond acceptors (Lipinski definition) is 6. The molecule has 1 saturated heterocycles. The van der Waals surface area contributed by atoms with Crippen molar-refractivity contribution < 1.29 is 9.13 Å². The fraction of sp³-hybridized carbons (Fsp3) is 0.304. The van der Waals surface area contributed by atoms with Gasteiger partial charge >= 0.3 is 0 Å². The summed E-state index contributed by atoms with van der Waals surface area (Å²) in [5.74, 6) is 0.260. The normalized spacial score (nSPS) is 16.7. The van der Waals surface area contributed by atoms with Crippen LogP contribution < -0.4 is 4.90 Å². The molecule has 0 unspecified atom stereocenters. The molecular formula is C23H22ClFN6O. The molecule has 1 atom stereocenters. The van der Waals surface area contributed by atoms with E-state index in [4.69, 9.17) is 26.3 Å². The summed E-state index contributed by atoms with van der Waals surface area (Å²) in [4.78, 5) is 16.4. The van der Waals surface area contributed by atoms with Crippen LogP contribution in [0.1, 0.15) is 23.1 Å². The van der Waals surface area contributed by atoms with Crippen LogP contribution in [0, 0.1) is 19.7 Å². The molecule has 0 spiro atoms. The van der Waals surface area contributed by atoms with Crippen molar-refractivity contribution in [3.05, 3.63) is 64.5 Å². The predicted octanol–water partition coefficient (Wildman–Crippen LogP) is 4.41. The van der Waals surface area contributed by atoms with E-state index in [-0.39, 0.29) is 6.10 Å². The molecule has 0 N–H and O–H groups in total. The predicted molar refractivity (Wildman–Crippen MR) is 121 cm³/mol. The van der Waals surface area contributed by atoms with Gasteiger partial charge in [0.05, 0.1) is 29.7 Å². The van der Waals surface area contributed by atoms with Gasteiger partial charge in [-0.25, -0.2) is 19.3 Å². The smallest absolute Gasteiger partial charge is 0.134 e. The van der Waals surface area contributed by atoms with Crippen LogP contribution in [-0.4, -0.2) is 44.4 Å². The van der Waals surface area contributed by atoms with E-state index >= 15 is 0 Å². The Kier molecular flexibility index (Phi) is 5.27. The minimum Gasteiger partial charge on any atom is -0.370 e. The Hall–Kier alpha value is -3.10. The summed E-state index contributed by atoms with van der Waals surface area (Å²) < 4.78 is 22.6. The van der Waals surface area contributed by atoms with Crippen LogP contribution in [0.4, 0.5) is 10.2 Å². The minimum atomic E-state index is -0.446. The Labute approximate surface area is 189 Å². The summed E-state index contributed by atoms with van der Waals surface area (Å²) in [6.07, 6.45) is 3.64. The monoisotopic (exact) mass is 452 g/mol. The van der Waals surface area contributed by atoms with Crippen molar-refractivity contribution in [2.24, 2.45) is 7.05 Å². The topological polar surface area (TPSA) is 69.0 Å². The Balaban J connectivity index is 1.62. The van der Waals surface area contributed by atoms with Gasteiger partial charge in [0.1, 0.15) is 28.9 Å². The summed E-state index contributed by atoms with van der Waals surface area (Å²) in [5, 5.41) is 4.58. The highest BCUT2D eigenvalue weighted by molar-refractivity contribution is 6.30. The molecule has 5 rings (SSSR count). The molecule has 1 aliphatic heterocycles. The van der Waals surface area contributed by atoms with E-state index in [1.807, 2.05) is 39.4 Å². The number of fused-ring (bicyclic) bond motifs is 1. The van der Waals surface area contributed by atoms with Gasteiger partial charge in [-0.1, -0.05) is 11.6 Å². The van der Waals surface area contributed by atoms with Crippen LogP contribution in [0.5, 0.6) is 0 Å². The van der Waals surface area contributed by atoms with Gasteiger partial charge in [-0.05, 0) is 32.0 Å². The first kappa shape index (κ1) is 20.8. The Morgan fingerprint density at radius 3 is 2.69 bits per heavy atom. The van der Waals surface area contributed by atoms with E-state index in [1.165, 1.54) is 6.07 Å². The standard InChI is InChI=1S/C23H22ClFN6O/c1-13-14(2)28-23-19(27-13)9-21(29-22(23)17-5-4-16(24)8-18(17)25)31-6-7-32-20(12-31)15-10-26-30(3)11-15/h4-5,8-11,20H,6-7,12H2,1-3H3/t20-/m1/s1. The number of hydrogen-bond donors (Lipinski definition) is 0. The lowest BCUT2D eigenvalue weighted by atomic mass is 10.1. The van der Waals surface area contributed by atoms with E-state index in [0.29, 0.717) is 52.8 Å². The molecule has 0 radical (unpaired) electrons. The first-order valence-corrected chi connectivity index (χ1v) is 10.7. The minimum absolute atomic E-state index is 0.128. The first-order chi connectivity index (χ1) is 15.4. The van der Waals surface area contributed by atoms with Crippen LogP contribution in [-0.2, 0) is 11.8 Å². The van der Waals surface area contributed by atoms with Gasteiger partial charge in [-0.3, -0.25) is 4.68 Å². The van der Waals surface area contributed by atoms with Crippen LogP contribution in [0.25, 0.3) is 22.3 Å². The highest BCUT2D eigenvalue weighted by Crippen LogP contribution is 2.33. The zero-order valence-corrected chi connectivity index (χ0v) is 18.8. The lowest BCUT2D eigenvalue weighted by Gasteiger charge is -2.33. The number of halogens is 2. The zero-order valence-electron chi connectivity index (χ0n) is 18.0. The highest BCUT2D eigenvalue weighted by atomic mass is 35.5. The largest absolute Gasteiger partial charge is 0.370 e. The number of rotatable bonds is 3. The van der Waals surface area contributed by atoms with Gasteiger partial charge in [-0.2, -0.15) is 5.10 Å². The third kappa shape index (κ3) is 3.80. The quantitative estimate of drug-likeness (QED) is 0.458. The van der Waals surface area contributed by atoms with Gasteiger partial charge in [0, 0.05) is 48.5 Å². The summed E-state index contributed by atoms with van der Waals surface area (Å²) in [6.45, 7) is 5.61. The van der Waals surface area contributed by atoms with Crippen LogP contribution in [0.15, 0.2) is 36.7 Å². The van der Waals surface area contributed by atoms with Gasteiger partial charge in [-0.15, -0.1) is 0 Å². The second-order valence-electron chi connectivity index (χ2n) is 7.97. The van der Waals surface area contributed by atoms with Gasteiger partial charge < -0.3 is 9.64 Å². The number of aryl methyl sites for hydroxylation is 3. The van der Waals surface area contributed by atoms with Gasteiger partial charge in [0.25, 0.3) is 0 Å². The maximum Gasteiger partial charge on any atom is 0.134 e. The van der Waals surface area contributed by atoms with Crippen molar-refractivity contribution in [1.82, 2.24) is 24.7 Å². The maximum atomic E-state index is 14.9. The molecule has 7 nitrogen and oxygen atoms in total. The number of ether oxygens (including phenoxy) is 1. The lowest BCUT2D eigenvalue weighted by molar-refractivity contribution is 0.0395. The number of benzene rings is 1. The molecule has 0 aliphatic carbocycles. The SMILES string of the molecule is Cc1nc2cc(N3CCO[C@@H](c4cnn(C)c4)C3)nc(-c3ccc(Cl)cc3F)c2nc1C. The zero-order chi connectivity index (χ0) is 22.4. The molecule has 164 valence electrons. The summed E-state index contributed by atoms with van der Waals surface area (Å²) in [7, 11) is 1.88. The molecule has 3 aromatic heterocycles. The molecule has 1 fully saturated rings. The molecule has 9 heteroatoms. The molecule has 0 amide bonds. The molecule has 1 aliphatic rings. The van der Waals surface area contributed by atoms with Gasteiger partial charge in [0.2, 0.25) is 0 Å². The third-order valence-corrected chi connectivity index (χ3v) is 5.96. The maximum absolute atomic E-state index is 14.9. The molecule has 32 heavy (non-hydrogen) atoms. The molecule has 1 aromatic carbocycles. The van der Waals surface area contributed by atoms with Crippen LogP contribution in [0.2, 0.25) is 5.02 Å². The molecule has 0 saturated carbocycles. The van der Waals surface area contributed by atoms with Crippen molar-refractivity contribution in [1.29, 1.82) is 0 Å². The van der Waals surface area contributed by atoms with E-state index in [0.717, 1.165) is 17.0 Å². The van der Waals surface area contributed by atoms with E-state index < -0.39 is 5.82 Å². The molecule has 0 bridgehead atoms. The molecule has 4 heterocycles. The Morgan fingerprint density at radius 1 is 1.12 bits per heavy atom. The van der Waals surface area contributed by atoms with Crippen LogP contribution in [0.3, 0.4) is 0 Å². The second kappa shape index (κ2) is 8.11. The average molecular weight is 453 g/mol. The van der Waals surface area contributed by atoms with Crippen molar-refractivity contribution in [3.63, 3.8) is 0 Å². The molecular weight excluding hydrogens is 431 g/mol. The van der Waals surface area contributed by atoms with E-state index in [2.05, 4.69) is 15.0 Å². The first-order valence-electron chi connectivity index (χ1n) is 10.4. The van der Waals surface area contributed by atoms with Crippen molar-refractivity contribution in [2.75, 3.05) is 24.6 Å². The second-order valence-corrected chi connectivity index (χ2v) is 8.40. The number of nitrogens with zero attached hydrogens (tertiary/aromatic N) is 6. The van der Waals surface area contributed by atoms with E-state index in [9.17, 15) is 4.39 Å². The number of anilines is 1. The number of morpholine rings is 1. The average Bonchev–Trinajstić information content (AvgIpc) is 3.21. The summed E-state index contributed by atoms with van der Waals surface area (Å²) in [5.41, 5.74) is 4.65. The van der Waals surface area contributed by atoms with Crippen LogP contribution >= 0.6 is 11.6 Å². The Bertz CT molecular complexity index is 1320. The third-order valence-electron chi connectivity index (χ3n) is 5.72. The van der Waals surface area contributed by atoms with E-state index in [1.54, 1.807) is 16.8 Å².